The number of anilines is 2. The van der Waals surface area contributed by atoms with Crippen LogP contribution in [-0.2, 0) is 16.6 Å². The Kier molecular flexibility index (Phi) is 6.76. The van der Waals surface area contributed by atoms with Crippen molar-refractivity contribution in [2.75, 3.05) is 23.3 Å². The Bertz CT molecular complexity index is 1260. The van der Waals surface area contributed by atoms with Crippen molar-refractivity contribution in [1.29, 1.82) is 0 Å². The van der Waals surface area contributed by atoms with Crippen LogP contribution in [0.4, 0.5) is 15.8 Å². The molecule has 1 fully saturated rings. The zero-order chi connectivity index (χ0) is 23.4. The van der Waals surface area contributed by atoms with Gasteiger partial charge in [0.05, 0.1) is 10.6 Å². The van der Waals surface area contributed by atoms with Gasteiger partial charge < -0.3 is 10.2 Å². The minimum absolute atomic E-state index is 0.0293. The fourth-order valence-corrected chi connectivity index (χ4v) is 5.17. The largest absolute Gasteiger partial charge is 0.369 e. The molecule has 0 atom stereocenters. The second-order valence-electron chi connectivity index (χ2n) is 8.10. The van der Waals surface area contributed by atoms with Gasteiger partial charge in [-0.2, -0.15) is 0 Å². The smallest absolute Gasteiger partial charge is 0.255 e. The molecule has 172 valence electrons. The fraction of sp³-hybridized carbons (Fsp3) is 0.240. The van der Waals surface area contributed by atoms with Crippen molar-refractivity contribution in [2.24, 2.45) is 0 Å². The minimum atomic E-state index is -3.84. The number of nitrogens with zero attached hydrogens (tertiary/aromatic N) is 1. The van der Waals surface area contributed by atoms with Gasteiger partial charge in [0.15, 0.2) is 0 Å². The Hall–Kier alpha value is -3.23. The first kappa shape index (κ1) is 22.9. The van der Waals surface area contributed by atoms with Crippen LogP contribution in [0.2, 0.25) is 0 Å². The maximum atomic E-state index is 14.6. The molecule has 1 heterocycles. The number of carbonyl (C=O) groups excluding carboxylic acids is 1. The molecular formula is C25H26FN3O3S. The molecule has 0 radical (unpaired) electrons. The third kappa shape index (κ3) is 5.40. The molecule has 6 nitrogen and oxygen atoms in total. The topological polar surface area (TPSA) is 78.5 Å². The highest BCUT2D eigenvalue weighted by Gasteiger charge is 2.20. The standard InChI is InChI=1S/C25H26FN3O3S/c1-18-9-10-20(15-24(18)33(31,32)27-17-19-7-3-2-4-8-19)25(30)28-21-11-12-23(22(26)16-21)29-13-5-6-14-29/h2-4,7-12,15-16,27H,5-6,13-14,17H2,1H3,(H,28,30). The summed E-state index contributed by atoms with van der Waals surface area (Å²) in [7, 11) is -3.84. The van der Waals surface area contributed by atoms with Crippen molar-refractivity contribution in [3.8, 4) is 0 Å². The summed E-state index contributed by atoms with van der Waals surface area (Å²) in [6.45, 7) is 3.45. The van der Waals surface area contributed by atoms with Gasteiger partial charge in [0.1, 0.15) is 5.82 Å². The Morgan fingerprint density at radius 1 is 1.00 bits per heavy atom. The lowest BCUT2D eigenvalue weighted by molar-refractivity contribution is 0.102. The molecule has 1 amide bonds. The lowest BCUT2D eigenvalue weighted by Gasteiger charge is -2.19. The first-order valence-electron chi connectivity index (χ1n) is 10.8. The van der Waals surface area contributed by atoms with Crippen molar-refractivity contribution in [3.05, 3.63) is 89.2 Å². The maximum Gasteiger partial charge on any atom is 0.255 e. The molecule has 3 aromatic rings. The number of halogens is 1. The molecular weight excluding hydrogens is 441 g/mol. The number of hydrogen-bond donors (Lipinski definition) is 2. The Morgan fingerprint density at radius 3 is 2.42 bits per heavy atom. The number of hydrogen-bond acceptors (Lipinski definition) is 4. The SMILES string of the molecule is Cc1ccc(C(=O)Nc2ccc(N3CCCC3)c(F)c2)cc1S(=O)(=O)NCc1ccccc1. The van der Waals surface area contributed by atoms with Gasteiger partial charge in [-0.1, -0.05) is 36.4 Å². The molecule has 2 N–H and O–H groups in total. The number of carbonyl (C=O) groups is 1. The molecule has 8 heteroatoms. The van der Waals surface area contributed by atoms with Crippen LogP contribution in [-0.4, -0.2) is 27.4 Å². The number of nitrogens with one attached hydrogen (secondary N) is 2. The molecule has 1 saturated heterocycles. The van der Waals surface area contributed by atoms with Crippen LogP contribution >= 0.6 is 0 Å². The monoisotopic (exact) mass is 467 g/mol. The van der Waals surface area contributed by atoms with E-state index in [1.807, 2.05) is 35.2 Å². The Labute approximate surface area is 193 Å². The van der Waals surface area contributed by atoms with Crippen molar-refractivity contribution in [1.82, 2.24) is 4.72 Å². The Morgan fingerprint density at radius 2 is 1.73 bits per heavy atom. The van der Waals surface area contributed by atoms with Crippen LogP contribution in [0.1, 0.15) is 34.3 Å². The summed E-state index contributed by atoms with van der Waals surface area (Å²) in [6, 6.07) is 18.3. The molecule has 3 aromatic carbocycles. The number of rotatable bonds is 7. The first-order valence-corrected chi connectivity index (χ1v) is 12.3. The summed E-state index contributed by atoms with van der Waals surface area (Å²) < 4.78 is 42.9. The second kappa shape index (κ2) is 9.72. The lowest BCUT2D eigenvalue weighted by Crippen LogP contribution is -2.24. The van der Waals surface area contributed by atoms with E-state index in [1.165, 1.54) is 12.1 Å². The van der Waals surface area contributed by atoms with Crippen molar-refractivity contribution >= 4 is 27.3 Å². The normalized spacial score (nSPS) is 13.8. The molecule has 1 aliphatic rings. The summed E-state index contributed by atoms with van der Waals surface area (Å²) in [5.74, 6) is -0.908. The van der Waals surface area contributed by atoms with E-state index in [4.69, 9.17) is 0 Å². The number of aryl methyl sites for hydroxylation is 1. The molecule has 33 heavy (non-hydrogen) atoms. The lowest BCUT2D eigenvalue weighted by atomic mass is 10.1. The fourth-order valence-electron chi connectivity index (χ4n) is 3.89. The zero-order valence-corrected chi connectivity index (χ0v) is 19.2. The molecule has 0 aliphatic carbocycles. The van der Waals surface area contributed by atoms with E-state index >= 15 is 0 Å². The van der Waals surface area contributed by atoms with Gasteiger partial charge in [0, 0.05) is 30.9 Å². The molecule has 1 aliphatic heterocycles. The van der Waals surface area contributed by atoms with Gasteiger partial charge in [-0.3, -0.25) is 4.79 Å². The van der Waals surface area contributed by atoms with E-state index in [0.717, 1.165) is 31.5 Å². The zero-order valence-electron chi connectivity index (χ0n) is 18.3. The van der Waals surface area contributed by atoms with Crippen LogP contribution in [0.25, 0.3) is 0 Å². The van der Waals surface area contributed by atoms with Gasteiger partial charge in [-0.25, -0.2) is 17.5 Å². The van der Waals surface area contributed by atoms with Crippen LogP contribution in [0.3, 0.4) is 0 Å². The highest BCUT2D eigenvalue weighted by Crippen LogP contribution is 2.26. The predicted molar refractivity (Wildman–Crippen MR) is 127 cm³/mol. The molecule has 4 rings (SSSR count). The van der Waals surface area contributed by atoms with Crippen molar-refractivity contribution in [2.45, 2.75) is 31.2 Å². The van der Waals surface area contributed by atoms with Crippen LogP contribution in [0.15, 0.2) is 71.6 Å². The van der Waals surface area contributed by atoms with E-state index in [0.29, 0.717) is 16.9 Å². The highest BCUT2D eigenvalue weighted by molar-refractivity contribution is 7.89. The van der Waals surface area contributed by atoms with E-state index in [9.17, 15) is 17.6 Å². The quantitative estimate of drug-likeness (QED) is 0.538. The van der Waals surface area contributed by atoms with E-state index in [1.54, 1.807) is 31.2 Å². The van der Waals surface area contributed by atoms with E-state index < -0.39 is 21.7 Å². The molecule has 0 unspecified atom stereocenters. The highest BCUT2D eigenvalue weighted by atomic mass is 32.2. The van der Waals surface area contributed by atoms with E-state index in [-0.39, 0.29) is 17.0 Å². The summed E-state index contributed by atoms with van der Waals surface area (Å²) in [6.07, 6.45) is 2.08. The minimum Gasteiger partial charge on any atom is -0.369 e. The number of amides is 1. The maximum absolute atomic E-state index is 14.6. The number of sulfonamides is 1. The van der Waals surface area contributed by atoms with E-state index in [2.05, 4.69) is 10.0 Å². The van der Waals surface area contributed by atoms with Gasteiger partial charge in [0.2, 0.25) is 10.0 Å². The first-order chi connectivity index (χ1) is 15.8. The average Bonchev–Trinajstić information content (AvgIpc) is 3.33. The summed E-state index contributed by atoms with van der Waals surface area (Å²) in [5, 5.41) is 2.66. The van der Waals surface area contributed by atoms with Gasteiger partial charge in [-0.15, -0.1) is 0 Å². The molecule has 0 spiro atoms. The number of benzene rings is 3. The van der Waals surface area contributed by atoms with Gasteiger partial charge >= 0.3 is 0 Å². The predicted octanol–water partition coefficient (Wildman–Crippen LogP) is 4.47. The summed E-state index contributed by atoms with van der Waals surface area (Å²) >= 11 is 0. The third-order valence-electron chi connectivity index (χ3n) is 5.70. The van der Waals surface area contributed by atoms with Gasteiger partial charge in [-0.05, 0) is 61.2 Å². The van der Waals surface area contributed by atoms with Crippen LogP contribution in [0, 0.1) is 12.7 Å². The second-order valence-corrected chi connectivity index (χ2v) is 9.84. The van der Waals surface area contributed by atoms with Crippen LogP contribution < -0.4 is 14.9 Å². The molecule has 0 bridgehead atoms. The Balaban J connectivity index is 1.49. The average molecular weight is 468 g/mol. The molecule has 0 saturated carbocycles. The molecule has 0 aromatic heterocycles. The van der Waals surface area contributed by atoms with Gasteiger partial charge in [0.25, 0.3) is 5.91 Å². The third-order valence-corrected chi connectivity index (χ3v) is 7.24. The summed E-state index contributed by atoms with van der Waals surface area (Å²) in [4.78, 5) is 14.8. The van der Waals surface area contributed by atoms with Crippen molar-refractivity contribution < 1.29 is 17.6 Å². The van der Waals surface area contributed by atoms with Crippen LogP contribution in [0.5, 0.6) is 0 Å². The summed E-state index contributed by atoms with van der Waals surface area (Å²) in [5.41, 5.74) is 2.36. The van der Waals surface area contributed by atoms with Crippen molar-refractivity contribution in [3.63, 3.8) is 0 Å².